The van der Waals surface area contributed by atoms with Crippen LogP contribution in [-0.2, 0) is 17.5 Å². The molecule has 2 aromatic heterocycles. The lowest BCUT2D eigenvalue weighted by Gasteiger charge is -2.01. The van der Waals surface area contributed by atoms with E-state index >= 15 is 0 Å². The van der Waals surface area contributed by atoms with E-state index in [-0.39, 0.29) is 10.9 Å². The highest BCUT2D eigenvalue weighted by molar-refractivity contribution is 5.83. The van der Waals surface area contributed by atoms with E-state index in [0.29, 0.717) is 0 Å². The maximum absolute atomic E-state index is 12.6. The van der Waals surface area contributed by atoms with Crippen LogP contribution in [0, 0.1) is 0 Å². The number of nitrogens with zero attached hydrogens (tertiary/aromatic N) is 3. The summed E-state index contributed by atoms with van der Waals surface area (Å²) in [6.45, 7) is -0.406. The van der Waals surface area contributed by atoms with Crippen molar-refractivity contribution in [1.82, 2.24) is 14.8 Å². The number of pyridine rings is 1. The van der Waals surface area contributed by atoms with Crippen molar-refractivity contribution < 1.29 is 18.0 Å². The first-order valence-electron chi connectivity index (χ1n) is 4.55. The number of hydrogen-bond acceptors (Lipinski definition) is 3. The van der Waals surface area contributed by atoms with Crippen molar-refractivity contribution in [3.05, 3.63) is 24.2 Å². The zero-order valence-corrected chi connectivity index (χ0v) is 8.40. The van der Waals surface area contributed by atoms with Gasteiger partial charge in [0, 0.05) is 12.4 Å². The Hall–Kier alpha value is -2.12. The van der Waals surface area contributed by atoms with Crippen molar-refractivity contribution >= 4 is 16.8 Å². The average molecular weight is 244 g/mol. The molecule has 2 heterocycles. The first kappa shape index (κ1) is 11.4. The Morgan fingerprint density at radius 3 is 2.76 bits per heavy atom. The fraction of sp³-hybridized carbons (Fsp3) is 0.222. The lowest BCUT2D eigenvalue weighted by Crippen LogP contribution is -2.20. The van der Waals surface area contributed by atoms with Crippen LogP contribution in [0.15, 0.2) is 18.5 Å². The van der Waals surface area contributed by atoms with Gasteiger partial charge in [0.05, 0.1) is 10.9 Å². The van der Waals surface area contributed by atoms with Gasteiger partial charge in [-0.1, -0.05) is 0 Å². The van der Waals surface area contributed by atoms with E-state index in [1.54, 1.807) is 0 Å². The summed E-state index contributed by atoms with van der Waals surface area (Å²) in [6, 6.07) is 1.35. The molecule has 1 amide bonds. The van der Waals surface area contributed by atoms with Crippen LogP contribution in [0.25, 0.3) is 10.9 Å². The number of amides is 1. The molecule has 0 radical (unpaired) electrons. The van der Waals surface area contributed by atoms with E-state index in [9.17, 15) is 18.0 Å². The Labute approximate surface area is 93.0 Å². The van der Waals surface area contributed by atoms with Crippen LogP contribution in [0.1, 0.15) is 5.69 Å². The number of primary amides is 1. The molecule has 17 heavy (non-hydrogen) atoms. The summed E-state index contributed by atoms with van der Waals surface area (Å²) in [7, 11) is 0. The highest BCUT2D eigenvalue weighted by Gasteiger charge is 2.36. The van der Waals surface area contributed by atoms with Crippen molar-refractivity contribution in [1.29, 1.82) is 0 Å². The molecule has 0 aliphatic carbocycles. The third kappa shape index (κ3) is 2.05. The van der Waals surface area contributed by atoms with Crippen LogP contribution >= 0.6 is 0 Å². The van der Waals surface area contributed by atoms with E-state index in [4.69, 9.17) is 5.73 Å². The number of carbonyl (C=O) groups is 1. The number of alkyl halides is 3. The second-order valence-electron chi connectivity index (χ2n) is 3.36. The molecule has 2 rings (SSSR count). The molecule has 2 N–H and O–H groups in total. The zero-order chi connectivity index (χ0) is 12.6. The average Bonchev–Trinajstić information content (AvgIpc) is 2.56. The number of aromatic nitrogens is 3. The lowest BCUT2D eigenvalue weighted by atomic mass is 10.2. The normalized spacial score (nSPS) is 11.9. The summed E-state index contributed by atoms with van der Waals surface area (Å²) >= 11 is 0. The molecular formula is C9H7F3N4O. The standard InChI is InChI=1S/C9H7F3N4O/c10-9(11,12)8-5-3-14-2-1-6(5)16(15-8)4-7(13)17/h1-3H,4H2,(H2,13,17). The van der Waals surface area contributed by atoms with E-state index in [1.807, 2.05) is 0 Å². The minimum absolute atomic E-state index is 0.152. The summed E-state index contributed by atoms with van der Waals surface area (Å²) in [6.07, 6.45) is -2.21. The van der Waals surface area contributed by atoms with Gasteiger partial charge < -0.3 is 5.73 Å². The van der Waals surface area contributed by atoms with Crippen molar-refractivity contribution in [2.24, 2.45) is 5.73 Å². The van der Waals surface area contributed by atoms with Crippen molar-refractivity contribution in [3.8, 4) is 0 Å². The molecule has 0 fully saturated rings. The van der Waals surface area contributed by atoms with Gasteiger partial charge in [-0.05, 0) is 6.07 Å². The topological polar surface area (TPSA) is 73.8 Å². The minimum Gasteiger partial charge on any atom is -0.368 e. The van der Waals surface area contributed by atoms with Gasteiger partial charge in [0.2, 0.25) is 5.91 Å². The molecule has 0 aliphatic rings. The highest BCUT2D eigenvalue weighted by atomic mass is 19.4. The fourth-order valence-electron chi connectivity index (χ4n) is 1.50. The molecule has 0 aromatic carbocycles. The smallest absolute Gasteiger partial charge is 0.368 e. The molecule has 0 bridgehead atoms. The van der Waals surface area contributed by atoms with Crippen LogP contribution in [0.3, 0.4) is 0 Å². The molecule has 8 heteroatoms. The zero-order valence-electron chi connectivity index (χ0n) is 8.40. The SMILES string of the molecule is NC(=O)Cn1nc(C(F)(F)F)c2cnccc21. The summed E-state index contributed by atoms with van der Waals surface area (Å²) in [5.74, 6) is -0.764. The molecular weight excluding hydrogens is 237 g/mol. The molecule has 0 aliphatic heterocycles. The molecule has 5 nitrogen and oxygen atoms in total. The summed E-state index contributed by atoms with van der Waals surface area (Å²) in [5.41, 5.74) is 4.04. The molecule has 2 aromatic rings. The predicted octanol–water partition coefficient (Wildman–Crippen LogP) is 0.935. The van der Waals surface area contributed by atoms with E-state index < -0.39 is 24.3 Å². The third-order valence-corrected chi connectivity index (χ3v) is 2.13. The Balaban J connectivity index is 2.67. The first-order chi connectivity index (χ1) is 7.89. The summed E-state index contributed by atoms with van der Waals surface area (Å²) < 4.78 is 38.9. The van der Waals surface area contributed by atoms with Gasteiger partial charge in [0.15, 0.2) is 5.69 Å². The second kappa shape index (κ2) is 3.72. The lowest BCUT2D eigenvalue weighted by molar-refractivity contribution is -0.140. The van der Waals surface area contributed by atoms with Crippen LogP contribution < -0.4 is 5.73 Å². The second-order valence-corrected chi connectivity index (χ2v) is 3.36. The van der Waals surface area contributed by atoms with Crippen molar-refractivity contribution in [2.45, 2.75) is 12.7 Å². The van der Waals surface area contributed by atoms with Gasteiger partial charge in [-0.3, -0.25) is 14.5 Å². The number of halogens is 3. The van der Waals surface area contributed by atoms with Crippen LogP contribution in [0.4, 0.5) is 13.2 Å². The van der Waals surface area contributed by atoms with Gasteiger partial charge in [0.25, 0.3) is 0 Å². The number of fused-ring (bicyclic) bond motifs is 1. The Morgan fingerprint density at radius 2 is 2.18 bits per heavy atom. The van der Waals surface area contributed by atoms with Crippen molar-refractivity contribution in [2.75, 3.05) is 0 Å². The fourth-order valence-corrected chi connectivity index (χ4v) is 1.50. The number of hydrogen-bond donors (Lipinski definition) is 1. The largest absolute Gasteiger partial charge is 0.435 e. The quantitative estimate of drug-likeness (QED) is 0.854. The number of nitrogens with two attached hydrogens (primary N) is 1. The van der Waals surface area contributed by atoms with Crippen molar-refractivity contribution in [3.63, 3.8) is 0 Å². The predicted molar refractivity (Wildman–Crippen MR) is 51.7 cm³/mol. The van der Waals surface area contributed by atoms with Crippen LogP contribution in [-0.4, -0.2) is 20.7 Å². The Kier molecular flexibility index (Phi) is 2.49. The van der Waals surface area contributed by atoms with E-state index in [1.165, 1.54) is 12.3 Å². The molecule has 0 atom stereocenters. The minimum atomic E-state index is -4.59. The first-order valence-corrected chi connectivity index (χ1v) is 4.55. The molecule has 0 spiro atoms. The molecule has 90 valence electrons. The monoisotopic (exact) mass is 244 g/mol. The van der Waals surface area contributed by atoms with Gasteiger partial charge in [0.1, 0.15) is 6.54 Å². The van der Waals surface area contributed by atoms with Gasteiger partial charge in [-0.25, -0.2) is 0 Å². The number of rotatable bonds is 2. The third-order valence-electron chi connectivity index (χ3n) is 2.13. The van der Waals surface area contributed by atoms with Gasteiger partial charge in [-0.15, -0.1) is 0 Å². The van der Waals surface area contributed by atoms with Gasteiger partial charge >= 0.3 is 6.18 Å². The maximum atomic E-state index is 12.6. The maximum Gasteiger partial charge on any atom is 0.435 e. The summed E-state index contributed by atoms with van der Waals surface area (Å²) in [5, 5.41) is 3.20. The summed E-state index contributed by atoms with van der Waals surface area (Å²) in [4.78, 5) is 14.3. The number of carbonyl (C=O) groups excluding carboxylic acids is 1. The van der Waals surface area contributed by atoms with Crippen LogP contribution in [0.2, 0.25) is 0 Å². The molecule has 0 saturated carbocycles. The Bertz CT molecular complexity index is 575. The highest BCUT2D eigenvalue weighted by Crippen LogP contribution is 2.33. The van der Waals surface area contributed by atoms with Gasteiger partial charge in [-0.2, -0.15) is 18.3 Å². The molecule has 0 saturated heterocycles. The van der Waals surface area contributed by atoms with E-state index in [0.717, 1.165) is 10.9 Å². The Morgan fingerprint density at radius 1 is 1.47 bits per heavy atom. The van der Waals surface area contributed by atoms with Crippen LogP contribution in [0.5, 0.6) is 0 Å². The van der Waals surface area contributed by atoms with E-state index in [2.05, 4.69) is 10.1 Å². The molecule has 0 unspecified atom stereocenters.